The Kier molecular flexibility index (Phi) is 4.58. The Morgan fingerprint density at radius 3 is 2.95 bits per heavy atom. The monoisotopic (exact) mass is 259 g/mol. The summed E-state index contributed by atoms with van der Waals surface area (Å²) in [5, 5.41) is 3.40. The highest BCUT2D eigenvalue weighted by Gasteiger charge is 2.05. The van der Waals surface area contributed by atoms with Gasteiger partial charge in [0.25, 0.3) is 0 Å². The molecular weight excluding hydrogens is 238 g/mol. The summed E-state index contributed by atoms with van der Waals surface area (Å²) in [5.74, 6) is 1.80. The van der Waals surface area contributed by atoms with Crippen molar-refractivity contribution in [1.29, 1.82) is 0 Å². The molecule has 0 saturated heterocycles. The predicted molar refractivity (Wildman–Crippen MR) is 76.1 cm³/mol. The topological polar surface area (TPSA) is 39.1 Å². The summed E-state index contributed by atoms with van der Waals surface area (Å²) in [6.45, 7) is 5.71. The quantitative estimate of drug-likeness (QED) is 0.867. The second kappa shape index (κ2) is 6.38. The molecule has 0 saturated carbocycles. The summed E-state index contributed by atoms with van der Waals surface area (Å²) >= 11 is 0. The number of imidazole rings is 1. The van der Waals surface area contributed by atoms with Crippen molar-refractivity contribution in [2.45, 2.75) is 26.5 Å². The molecular formula is C15H21N3O. The van der Waals surface area contributed by atoms with Crippen molar-refractivity contribution in [1.82, 2.24) is 14.9 Å². The number of nitrogens with zero attached hydrogens (tertiary/aromatic N) is 2. The standard InChI is InChI=1S/C15H21N3O/c1-4-16-12(2)13-6-5-7-14(10-13)19-11-15-17-8-9-18(15)3/h5-10,12,16H,4,11H2,1-3H3. The van der Waals surface area contributed by atoms with Gasteiger partial charge in [0, 0.05) is 25.5 Å². The Labute approximate surface area is 114 Å². The summed E-state index contributed by atoms with van der Waals surface area (Å²) in [4.78, 5) is 4.24. The highest BCUT2D eigenvalue weighted by Crippen LogP contribution is 2.19. The maximum atomic E-state index is 5.79. The van der Waals surface area contributed by atoms with E-state index in [-0.39, 0.29) is 0 Å². The van der Waals surface area contributed by atoms with Crippen LogP contribution in [0.4, 0.5) is 0 Å². The molecule has 0 bridgehead atoms. The van der Waals surface area contributed by atoms with Gasteiger partial charge in [-0.15, -0.1) is 0 Å². The maximum absolute atomic E-state index is 5.79. The van der Waals surface area contributed by atoms with E-state index in [2.05, 4.69) is 36.3 Å². The van der Waals surface area contributed by atoms with E-state index >= 15 is 0 Å². The van der Waals surface area contributed by atoms with Crippen LogP contribution in [0.3, 0.4) is 0 Å². The van der Waals surface area contributed by atoms with Gasteiger partial charge < -0.3 is 14.6 Å². The molecule has 1 unspecified atom stereocenters. The Hall–Kier alpha value is -1.81. The summed E-state index contributed by atoms with van der Waals surface area (Å²) in [7, 11) is 1.97. The van der Waals surface area contributed by atoms with Crippen LogP contribution in [0.1, 0.15) is 31.3 Å². The first-order valence-corrected chi connectivity index (χ1v) is 6.63. The molecule has 1 heterocycles. The van der Waals surface area contributed by atoms with Gasteiger partial charge in [-0.05, 0) is 31.2 Å². The van der Waals surface area contributed by atoms with Crippen LogP contribution in [-0.4, -0.2) is 16.1 Å². The third kappa shape index (κ3) is 3.58. The zero-order valence-electron chi connectivity index (χ0n) is 11.8. The van der Waals surface area contributed by atoms with Crippen LogP contribution < -0.4 is 10.1 Å². The number of aryl methyl sites for hydroxylation is 1. The summed E-state index contributed by atoms with van der Waals surface area (Å²) in [6.07, 6.45) is 3.70. The van der Waals surface area contributed by atoms with Crippen LogP contribution in [0.25, 0.3) is 0 Å². The molecule has 2 aromatic rings. The van der Waals surface area contributed by atoms with E-state index in [9.17, 15) is 0 Å². The van der Waals surface area contributed by atoms with Gasteiger partial charge in [0.15, 0.2) is 0 Å². The Morgan fingerprint density at radius 1 is 1.42 bits per heavy atom. The molecule has 1 atom stereocenters. The molecule has 0 aliphatic carbocycles. The summed E-state index contributed by atoms with van der Waals surface area (Å²) < 4.78 is 7.75. The van der Waals surface area contributed by atoms with Crippen molar-refractivity contribution in [2.24, 2.45) is 7.05 Å². The molecule has 4 nitrogen and oxygen atoms in total. The average molecular weight is 259 g/mol. The molecule has 0 spiro atoms. The zero-order valence-corrected chi connectivity index (χ0v) is 11.8. The molecule has 102 valence electrons. The number of hydrogen-bond donors (Lipinski definition) is 1. The second-order valence-electron chi connectivity index (χ2n) is 4.59. The van der Waals surface area contributed by atoms with Crippen molar-refractivity contribution in [3.63, 3.8) is 0 Å². The first-order valence-electron chi connectivity index (χ1n) is 6.63. The van der Waals surface area contributed by atoms with Gasteiger partial charge in [0.05, 0.1) is 0 Å². The minimum absolute atomic E-state index is 0.335. The van der Waals surface area contributed by atoms with E-state index in [1.54, 1.807) is 6.20 Å². The molecule has 1 aromatic carbocycles. The molecule has 1 N–H and O–H groups in total. The first kappa shape index (κ1) is 13.6. The average Bonchev–Trinajstić information content (AvgIpc) is 2.82. The minimum atomic E-state index is 0.335. The van der Waals surface area contributed by atoms with E-state index in [0.717, 1.165) is 18.1 Å². The fourth-order valence-corrected chi connectivity index (χ4v) is 1.98. The van der Waals surface area contributed by atoms with Crippen molar-refractivity contribution < 1.29 is 4.74 Å². The minimum Gasteiger partial charge on any atom is -0.486 e. The number of nitrogens with one attached hydrogen (secondary N) is 1. The third-order valence-electron chi connectivity index (χ3n) is 3.16. The number of benzene rings is 1. The predicted octanol–water partition coefficient (Wildman–Crippen LogP) is 2.67. The highest BCUT2D eigenvalue weighted by atomic mass is 16.5. The van der Waals surface area contributed by atoms with E-state index in [1.165, 1.54) is 5.56 Å². The van der Waals surface area contributed by atoms with Crippen LogP contribution >= 0.6 is 0 Å². The van der Waals surface area contributed by atoms with E-state index in [1.807, 2.05) is 29.9 Å². The number of hydrogen-bond acceptors (Lipinski definition) is 3. The van der Waals surface area contributed by atoms with Crippen LogP contribution in [0, 0.1) is 0 Å². The molecule has 0 amide bonds. The van der Waals surface area contributed by atoms with Gasteiger partial charge in [-0.1, -0.05) is 19.1 Å². The molecule has 0 aliphatic heterocycles. The number of ether oxygens (including phenoxy) is 1. The molecule has 0 radical (unpaired) electrons. The van der Waals surface area contributed by atoms with Gasteiger partial charge in [-0.25, -0.2) is 4.98 Å². The van der Waals surface area contributed by atoms with Crippen LogP contribution in [0.15, 0.2) is 36.7 Å². The van der Waals surface area contributed by atoms with Crippen molar-refractivity contribution in [3.05, 3.63) is 48.0 Å². The maximum Gasteiger partial charge on any atom is 0.146 e. The molecule has 19 heavy (non-hydrogen) atoms. The molecule has 2 rings (SSSR count). The fraction of sp³-hybridized carbons (Fsp3) is 0.400. The van der Waals surface area contributed by atoms with Crippen LogP contribution in [0.5, 0.6) is 5.75 Å². The highest BCUT2D eigenvalue weighted by molar-refractivity contribution is 5.30. The third-order valence-corrected chi connectivity index (χ3v) is 3.16. The van der Waals surface area contributed by atoms with Crippen LogP contribution in [-0.2, 0) is 13.7 Å². The Balaban J connectivity index is 2.01. The fourth-order valence-electron chi connectivity index (χ4n) is 1.98. The van der Waals surface area contributed by atoms with E-state index in [4.69, 9.17) is 4.74 Å². The van der Waals surface area contributed by atoms with Crippen molar-refractivity contribution >= 4 is 0 Å². The van der Waals surface area contributed by atoms with Crippen LogP contribution in [0.2, 0.25) is 0 Å². The molecule has 4 heteroatoms. The van der Waals surface area contributed by atoms with Crippen molar-refractivity contribution in [3.8, 4) is 5.75 Å². The van der Waals surface area contributed by atoms with Gasteiger partial charge in [0.1, 0.15) is 18.2 Å². The second-order valence-corrected chi connectivity index (χ2v) is 4.59. The number of rotatable bonds is 6. The lowest BCUT2D eigenvalue weighted by molar-refractivity contribution is 0.291. The lowest BCUT2D eigenvalue weighted by Gasteiger charge is -2.14. The first-order chi connectivity index (χ1) is 9.20. The summed E-state index contributed by atoms with van der Waals surface area (Å²) in [6, 6.07) is 8.53. The Morgan fingerprint density at radius 2 is 2.26 bits per heavy atom. The smallest absolute Gasteiger partial charge is 0.146 e. The van der Waals surface area contributed by atoms with Gasteiger partial charge >= 0.3 is 0 Å². The largest absolute Gasteiger partial charge is 0.486 e. The van der Waals surface area contributed by atoms with Gasteiger partial charge in [-0.2, -0.15) is 0 Å². The normalized spacial score (nSPS) is 12.4. The zero-order chi connectivity index (χ0) is 13.7. The lowest BCUT2D eigenvalue weighted by atomic mass is 10.1. The lowest BCUT2D eigenvalue weighted by Crippen LogP contribution is -2.17. The van der Waals surface area contributed by atoms with E-state index < -0.39 is 0 Å². The molecule has 0 fully saturated rings. The van der Waals surface area contributed by atoms with Gasteiger partial charge in [0.2, 0.25) is 0 Å². The van der Waals surface area contributed by atoms with E-state index in [0.29, 0.717) is 12.6 Å². The van der Waals surface area contributed by atoms with Gasteiger partial charge in [-0.3, -0.25) is 0 Å². The van der Waals surface area contributed by atoms with Crippen molar-refractivity contribution in [2.75, 3.05) is 6.54 Å². The molecule has 1 aromatic heterocycles. The Bertz CT molecular complexity index is 522. The number of aromatic nitrogens is 2. The SMILES string of the molecule is CCNC(C)c1cccc(OCc2nccn2C)c1. The summed E-state index contributed by atoms with van der Waals surface area (Å²) in [5.41, 5.74) is 1.24. The molecule has 0 aliphatic rings.